The van der Waals surface area contributed by atoms with Crippen LogP contribution in [-0.4, -0.2) is 39.4 Å². The van der Waals surface area contributed by atoms with Gasteiger partial charge in [-0.05, 0) is 5.56 Å². The van der Waals surface area contributed by atoms with Gasteiger partial charge in [0.25, 0.3) is 0 Å². The maximum absolute atomic E-state index is 14.9. The Morgan fingerprint density at radius 1 is 0.920 bits per heavy atom. The Morgan fingerprint density at radius 2 is 1.56 bits per heavy atom. The molecule has 0 aliphatic rings. The molecular weight excluding hydrogens is 321 g/mol. The third-order valence-electron chi connectivity index (χ3n) is 3.75. The fraction of sp³-hybridized carbons (Fsp3) is 0.158. The molecule has 25 heavy (non-hydrogen) atoms. The molecule has 0 bridgehead atoms. The lowest BCUT2D eigenvalue weighted by atomic mass is 9.99. The van der Waals surface area contributed by atoms with E-state index in [9.17, 15) is 9.50 Å². The average molecular weight is 339 g/mol. The SMILES string of the molecule is OC[C@@H](O)CNc1ncc(-c2cccc(-c3ccccc3)c2F)cn1. The first-order valence-electron chi connectivity index (χ1n) is 7.88. The van der Waals surface area contributed by atoms with Gasteiger partial charge in [0.15, 0.2) is 0 Å². The molecule has 0 spiro atoms. The van der Waals surface area contributed by atoms with E-state index in [0.29, 0.717) is 22.6 Å². The first-order valence-corrected chi connectivity index (χ1v) is 7.88. The zero-order chi connectivity index (χ0) is 17.6. The van der Waals surface area contributed by atoms with Crippen molar-refractivity contribution in [3.63, 3.8) is 0 Å². The van der Waals surface area contributed by atoms with Crippen LogP contribution in [0.4, 0.5) is 10.3 Å². The molecule has 0 fully saturated rings. The van der Waals surface area contributed by atoms with E-state index < -0.39 is 6.10 Å². The lowest BCUT2D eigenvalue weighted by molar-refractivity contribution is 0.105. The number of hydrogen-bond donors (Lipinski definition) is 3. The van der Waals surface area contributed by atoms with Crippen molar-refractivity contribution in [3.05, 3.63) is 66.7 Å². The molecule has 5 nitrogen and oxygen atoms in total. The van der Waals surface area contributed by atoms with Crippen LogP contribution in [0.5, 0.6) is 0 Å². The van der Waals surface area contributed by atoms with Crippen molar-refractivity contribution in [2.24, 2.45) is 0 Å². The van der Waals surface area contributed by atoms with Crippen molar-refractivity contribution in [3.8, 4) is 22.3 Å². The van der Waals surface area contributed by atoms with Crippen LogP contribution < -0.4 is 5.32 Å². The van der Waals surface area contributed by atoms with Gasteiger partial charge in [-0.2, -0.15) is 0 Å². The van der Waals surface area contributed by atoms with E-state index in [1.807, 2.05) is 30.3 Å². The van der Waals surface area contributed by atoms with Crippen molar-refractivity contribution in [1.82, 2.24) is 9.97 Å². The summed E-state index contributed by atoms with van der Waals surface area (Å²) in [6.07, 6.45) is 2.16. The fourth-order valence-corrected chi connectivity index (χ4v) is 2.43. The summed E-state index contributed by atoms with van der Waals surface area (Å²) in [6, 6.07) is 14.6. The second-order valence-corrected chi connectivity index (χ2v) is 5.55. The molecule has 0 aliphatic heterocycles. The highest BCUT2D eigenvalue weighted by molar-refractivity contribution is 5.73. The molecule has 1 atom stereocenters. The number of halogens is 1. The summed E-state index contributed by atoms with van der Waals surface area (Å²) in [7, 11) is 0. The highest BCUT2D eigenvalue weighted by atomic mass is 19.1. The van der Waals surface area contributed by atoms with E-state index in [-0.39, 0.29) is 19.0 Å². The van der Waals surface area contributed by atoms with Crippen molar-refractivity contribution < 1.29 is 14.6 Å². The summed E-state index contributed by atoms with van der Waals surface area (Å²) in [4.78, 5) is 8.25. The van der Waals surface area contributed by atoms with Gasteiger partial charge >= 0.3 is 0 Å². The number of nitrogens with one attached hydrogen (secondary N) is 1. The van der Waals surface area contributed by atoms with Crippen molar-refractivity contribution >= 4 is 5.95 Å². The van der Waals surface area contributed by atoms with E-state index in [1.165, 1.54) is 12.4 Å². The Morgan fingerprint density at radius 3 is 2.20 bits per heavy atom. The molecule has 128 valence electrons. The molecule has 0 aliphatic carbocycles. The number of rotatable bonds is 6. The molecule has 0 saturated carbocycles. The van der Waals surface area contributed by atoms with Crippen LogP contribution in [0, 0.1) is 5.82 Å². The molecule has 1 aromatic heterocycles. The van der Waals surface area contributed by atoms with Gasteiger partial charge < -0.3 is 15.5 Å². The number of anilines is 1. The molecule has 3 N–H and O–H groups in total. The Bertz CT molecular complexity index is 826. The number of aromatic nitrogens is 2. The Kier molecular flexibility index (Phi) is 5.33. The van der Waals surface area contributed by atoms with Gasteiger partial charge in [0.2, 0.25) is 5.95 Å². The minimum absolute atomic E-state index is 0.133. The quantitative estimate of drug-likeness (QED) is 0.644. The third kappa shape index (κ3) is 3.99. The normalized spacial score (nSPS) is 12.0. The number of hydrogen-bond acceptors (Lipinski definition) is 5. The van der Waals surface area contributed by atoms with E-state index in [0.717, 1.165) is 5.56 Å². The second-order valence-electron chi connectivity index (χ2n) is 5.55. The predicted octanol–water partition coefficient (Wildman–Crippen LogP) is 2.71. The minimum atomic E-state index is -0.886. The topological polar surface area (TPSA) is 78.3 Å². The van der Waals surface area contributed by atoms with Crippen LogP contribution >= 0.6 is 0 Å². The summed E-state index contributed by atoms with van der Waals surface area (Å²) < 4.78 is 14.9. The number of benzene rings is 2. The van der Waals surface area contributed by atoms with Gasteiger partial charge in [0, 0.05) is 35.6 Å². The first kappa shape index (κ1) is 17.0. The van der Waals surface area contributed by atoms with Crippen LogP contribution in [-0.2, 0) is 0 Å². The van der Waals surface area contributed by atoms with Crippen LogP contribution in [0.25, 0.3) is 22.3 Å². The van der Waals surface area contributed by atoms with E-state index in [2.05, 4.69) is 15.3 Å². The van der Waals surface area contributed by atoms with Gasteiger partial charge in [0.05, 0.1) is 12.7 Å². The smallest absolute Gasteiger partial charge is 0.222 e. The number of aliphatic hydroxyl groups excluding tert-OH is 2. The molecule has 0 unspecified atom stereocenters. The number of nitrogens with zero attached hydrogens (tertiary/aromatic N) is 2. The zero-order valence-electron chi connectivity index (χ0n) is 13.4. The molecule has 2 aromatic carbocycles. The molecule has 0 saturated heterocycles. The van der Waals surface area contributed by atoms with Gasteiger partial charge in [-0.3, -0.25) is 0 Å². The molecule has 0 amide bonds. The van der Waals surface area contributed by atoms with Crippen molar-refractivity contribution in [1.29, 1.82) is 0 Å². The predicted molar refractivity (Wildman–Crippen MR) is 94.4 cm³/mol. The van der Waals surface area contributed by atoms with Gasteiger partial charge in [-0.1, -0.05) is 48.5 Å². The minimum Gasteiger partial charge on any atom is -0.394 e. The van der Waals surface area contributed by atoms with Crippen LogP contribution in [0.15, 0.2) is 60.9 Å². The summed E-state index contributed by atoms with van der Waals surface area (Å²) in [5.74, 6) is -0.0235. The number of aliphatic hydroxyl groups is 2. The lowest BCUT2D eigenvalue weighted by Crippen LogP contribution is -2.23. The Labute approximate surface area is 144 Å². The third-order valence-corrected chi connectivity index (χ3v) is 3.75. The first-order chi connectivity index (χ1) is 12.2. The van der Waals surface area contributed by atoms with Crippen LogP contribution in [0.3, 0.4) is 0 Å². The fourth-order valence-electron chi connectivity index (χ4n) is 2.43. The molecule has 3 rings (SSSR count). The van der Waals surface area contributed by atoms with Crippen molar-refractivity contribution in [2.45, 2.75) is 6.10 Å². The Balaban J connectivity index is 1.85. The summed E-state index contributed by atoms with van der Waals surface area (Å²) in [5, 5.41) is 20.9. The molecule has 3 aromatic rings. The monoisotopic (exact) mass is 339 g/mol. The van der Waals surface area contributed by atoms with Gasteiger partial charge in [-0.25, -0.2) is 14.4 Å². The Hall–Kier alpha value is -2.83. The molecular formula is C19H18FN3O2. The average Bonchev–Trinajstić information content (AvgIpc) is 2.67. The van der Waals surface area contributed by atoms with Crippen LogP contribution in [0.1, 0.15) is 0 Å². The highest BCUT2D eigenvalue weighted by Gasteiger charge is 2.12. The zero-order valence-corrected chi connectivity index (χ0v) is 13.4. The van der Waals surface area contributed by atoms with Crippen molar-refractivity contribution in [2.75, 3.05) is 18.5 Å². The largest absolute Gasteiger partial charge is 0.394 e. The summed E-state index contributed by atoms with van der Waals surface area (Å²) >= 11 is 0. The van der Waals surface area contributed by atoms with E-state index >= 15 is 0 Å². The molecule has 0 radical (unpaired) electrons. The van der Waals surface area contributed by atoms with Gasteiger partial charge in [0.1, 0.15) is 5.82 Å². The maximum atomic E-state index is 14.9. The van der Waals surface area contributed by atoms with E-state index in [4.69, 9.17) is 5.11 Å². The summed E-state index contributed by atoms with van der Waals surface area (Å²) in [6.45, 7) is -0.212. The highest BCUT2D eigenvalue weighted by Crippen LogP contribution is 2.30. The second kappa shape index (κ2) is 7.83. The maximum Gasteiger partial charge on any atom is 0.222 e. The van der Waals surface area contributed by atoms with Gasteiger partial charge in [-0.15, -0.1) is 0 Å². The molecule has 1 heterocycles. The van der Waals surface area contributed by atoms with E-state index in [1.54, 1.807) is 18.2 Å². The molecule has 6 heteroatoms. The lowest BCUT2D eigenvalue weighted by Gasteiger charge is -2.10. The standard InChI is InChI=1S/C19H18FN3O2/c20-18-16(13-5-2-1-3-6-13)7-4-8-17(18)14-9-21-19(22-10-14)23-11-15(25)12-24/h1-10,15,24-25H,11-12H2,(H,21,22,23)/t15-/m0/s1. The van der Waals surface area contributed by atoms with Crippen LogP contribution in [0.2, 0.25) is 0 Å². The summed E-state index contributed by atoms with van der Waals surface area (Å²) in [5.41, 5.74) is 2.30.